The van der Waals surface area contributed by atoms with Gasteiger partial charge in [-0.1, -0.05) is 90.4 Å². The molecular weight excluding hydrogens is 417 g/mol. The Balaban J connectivity index is 3.46. The first-order chi connectivity index (χ1) is 14.8. The van der Waals surface area contributed by atoms with Gasteiger partial charge in [0.15, 0.2) is 0 Å². The maximum Gasteiger partial charge on any atom is 0.347 e. The molecule has 0 amide bonds. The minimum Gasteiger partial charge on any atom is -0.394 e. The first kappa shape index (κ1) is 31.0. The molecule has 0 aliphatic heterocycles. The molecule has 0 aromatic rings. The maximum atomic E-state index is 12.1. The Morgan fingerprint density at radius 3 is 1.68 bits per heavy atom. The van der Waals surface area contributed by atoms with Crippen LogP contribution in [0, 0.1) is 0 Å². The minimum absolute atomic E-state index is 0.0736. The summed E-state index contributed by atoms with van der Waals surface area (Å²) in [6, 6.07) is 0. The van der Waals surface area contributed by atoms with Gasteiger partial charge in [-0.15, -0.1) is 0 Å². The average Bonchev–Trinajstić information content (AvgIpc) is 2.72. The number of hydrogen-bond acceptors (Lipinski definition) is 6. The van der Waals surface area contributed by atoms with Crippen LogP contribution in [0.4, 0.5) is 0 Å². The summed E-state index contributed by atoms with van der Waals surface area (Å²) in [6.45, 7) is 2.12. The van der Waals surface area contributed by atoms with Crippen molar-refractivity contribution in [3.05, 3.63) is 0 Å². The fourth-order valence-corrected chi connectivity index (χ4v) is 4.85. The number of aliphatic hydroxyl groups excluding tert-OH is 2. The molecule has 3 atom stereocenters. The van der Waals surface area contributed by atoms with Gasteiger partial charge in [-0.2, -0.15) is 0 Å². The number of unbranched alkanes of at least 4 members (excludes halogenated alkanes) is 13. The molecule has 0 radical (unpaired) electrons. The molecule has 188 valence electrons. The third-order valence-corrected chi connectivity index (χ3v) is 7.44. The van der Waals surface area contributed by atoms with E-state index in [-0.39, 0.29) is 13.2 Å². The van der Waals surface area contributed by atoms with Crippen molar-refractivity contribution >= 4 is 7.60 Å². The molecule has 31 heavy (non-hydrogen) atoms. The van der Waals surface area contributed by atoms with Gasteiger partial charge >= 0.3 is 7.60 Å². The molecule has 8 heteroatoms. The van der Waals surface area contributed by atoms with Crippen LogP contribution >= 0.6 is 7.60 Å². The molecule has 7 nitrogen and oxygen atoms in total. The van der Waals surface area contributed by atoms with Crippen LogP contribution < -0.4 is 0 Å². The zero-order chi connectivity index (χ0) is 23.4. The van der Waals surface area contributed by atoms with Crippen LogP contribution in [-0.4, -0.2) is 72.4 Å². The number of hydrogen-bond donors (Lipinski definition) is 3. The molecule has 2 unspecified atom stereocenters. The fourth-order valence-electron chi connectivity index (χ4n) is 3.50. The van der Waals surface area contributed by atoms with E-state index in [1.165, 1.54) is 81.9 Å². The lowest BCUT2D eigenvalue weighted by Gasteiger charge is -2.26. The number of ether oxygens (including phenoxy) is 1. The Morgan fingerprint density at radius 1 is 0.806 bits per heavy atom. The third-order valence-electron chi connectivity index (χ3n) is 5.54. The average molecular weight is 468 g/mol. The highest BCUT2D eigenvalue weighted by atomic mass is 31.2. The maximum absolute atomic E-state index is 12.1. The molecule has 0 fully saturated rings. The molecule has 0 bridgehead atoms. The lowest BCUT2D eigenvalue weighted by molar-refractivity contribution is 0.00693. The van der Waals surface area contributed by atoms with Gasteiger partial charge < -0.3 is 24.4 Å². The van der Waals surface area contributed by atoms with E-state index in [4.69, 9.17) is 9.26 Å². The van der Waals surface area contributed by atoms with Gasteiger partial charge in [0.05, 0.1) is 19.8 Å². The van der Waals surface area contributed by atoms with E-state index in [9.17, 15) is 19.7 Å². The van der Waals surface area contributed by atoms with Crippen molar-refractivity contribution in [2.45, 2.75) is 109 Å². The molecule has 0 aromatic carbocycles. The van der Waals surface area contributed by atoms with Gasteiger partial charge in [0.1, 0.15) is 11.9 Å². The van der Waals surface area contributed by atoms with Gasteiger partial charge in [-0.3, -0.25) is 9.46 Å². The number of aliphatic hydroxyl groups is 2. The van der Waals surface area contributed by atoms with Crippen molar-refractivity contribution in [2.75, 3.05) is 40.5 Å². The molecule has 0 saturated carbocycles. The number of nitrogens with zero attached hydrogens (tertiary/aromatic N) is 1. The summed E-state index contributed by atoms with van der Waals surface area (Å²) in [4.78, 5) is 11.3. The van der Waals surface area contributed by atoms with Gasteiger partial charge in [-0.05, 0) is 20.5 Å². The number of likely N-dealkylation sites (N-methyl/N-ethyl adjacent to an activating group) is 1. The fraction of sp³-hybridized carbons (Fsp3) is 1.00. The molecule has 0 spiro atoms. The molecule has 3 N–H and O–H groups in total. The quantitative estimate of drug-likeness (QED) is 0.145. The zero-order valence-corrected chi connectivity index (χ0v) is 21.2. The lowest BCUT2D eigenvalue weighted by Crippen LogP contribution is -2.33. The van der Waals surface area contributed by atoms with E-state index in [1.54, 1.807) is 14.1 Å². The Morgan fingerprint density at radius 2 is 1.26 bits per heavy atom. The van der Waals surface area contributed by atoms with Crippen LogP contribution in [0.2, 0.25) is 0 Å². The van der Waals surface area contributed by atoms with Gasteiger partial charge in [-0.25, -0.2) is 0 Å². The van der Waals surface area contributed by atoms with Crippen molar-refractivity contribution in [2.24, 2.45) is 0 Å². The monoisotopic (exact) mass is 467 g/mol. The third kappa shape index (κ3) is 18.1. The van der Waals surface area contributed by atoms with Crippen molar-refractivity contribution < 1.29 is 28.9 Å². The summed E-state index contributed by atoms with van der Waals surface area (Å²) >= 11 is 0. The minimum atomic E-state index is -4.03. The number of rotatable bonds is 23. The summed E-state index contributed by atoms with van der Waals surface area (Å²) in [7, 11) is -0.856. The summed E-state index contributed by atoms with van der Waals surface area (Å²) in [5, 5.41) is 19.1. The van der Waals surface area contributed by atoms with Crippen molar-refractivity contribution in [1.82, 2.24) is 4.90 Å². The second-order valence-electron chi connectivity index (χ2n) is 8.81. The molecule has 0 saturated heterocycles. The Hall–Kier alpha value is -0.0100. The normalized spacial score (nSPS) is 15.8. The van der Waals surface area contributed by atoms with Crippen molar-refractivity contribution in [3.8, 4) is 0 Å². The largest absolute Gasteiger partial charge is 0.394 e. The smallest absolute Gasteiger partial charge is 0.347 e. The molecule has 0 aliphatic carbocycles. The summed E-state index contributed by atoms with van der Waals surface area (Å²) in [5.41, 5.74) is 0. The highest BCUT2D eigenvalue weighted by Gasteiger charge is 2.34. The predicted octanol–water partition coefficient (Wildman–Crippen LogP) is 4.93. The summed E-state index contributed by atoms with van der Waals surface area (Å²) < 4.78 is 22.5. The van der Waals surface area contributed by atoms with Crippen molar-refractivity contribution in [1.29, 1.82) is 0 Å². The van der Waals surface area contributed by atoms with Gasteiger partial charge in [0.25, 0.3) is 0 Å². The van der Waals surface area contributed by atoms with E-state index in [0.717, 1.165) is 12.8 Å². The summed E-state index contributed by atoms with van der Waals surface area (Å²) in [6.07, 6.45) is 17.3. The predicted molar refractivity (Wildman–Crippen MR) is 127 cm³/mol. The Bertz CT molecular complexity index is 438. The van der Waals surface area contributed by atoms with Crippen LogP contribution in [0.5, 0.6) is 0 Å². The first-order valence-corrected chi connectivity index (χ1v) is 14.0. The molecule has 0 rings (SSSR count). The van der Waals surface area contributed by atoms with Gasteiger partial charge in [0.2, 0.25) is 0 Å². The van der Waals surface area contributed by atoms with Crippen molar-refractivity contribution in [3.63, 3.8) is 0 Å². The second-order valence-corrected chi connectivity index (χ2v) is 10.8. The van der Waals surface area contributed by atoms with Crippen LogP contribution in [-0.2, 0) is 13.8 Å². The molecule has 0 heterocycles. The lowest BCUT2D eigenvalue weighted by atomic mass is 10.0. The molecular formula is C23H50NO6P. The topological polar surface area (TPSA) is 99.5 Å². The Kier molecular flexibility index (Phi) is 20.6. The summed E-state index contributed by atoms with van der Waals surface area (Å²) in [5.74, 6) is -1.00. The van der Waals surface area contributed by atoms with Gasteiger partial charge in [0, 0.05) is 6.61 Å². The van der Waals surface area contributed by atoms with Crippen LogP contribution in [0.25, 0.3) is 0 Å². The van der Waals surface area contributed by atoms with Crippen LogP contribution in [0.1, 0.15) is 96.8 Å². The van der Waals surface area contributed by atoms with E-state index in [1.807, 2.05) is 0 Å². The van der Waals surface area contributed by atoms with E-state index in [2.05, 4.69) is 6.92 Å². The molecule has 0 aromatic heterocycles. The first-order valence-electron chi connectivity index (χ1n) is 12.3. The highest BCUT2D eigenvalue weighted by molar-refractivity contribution is 7.53. The van der Waals surface area contributed by atoms with Crippen LogP contribution in [0.15, 0.2) is 0 Å². The zero-order valence-electron chi connectivity index (χ0n) is 20.3. The van der Waals surface area contributed by atoms with E-state index in [0.29, 0.717) is 6.61 Å². The standard InChI is InChI=1S/C23H50NO6P/c1-4-5-6-7-8-9-10-11-12-13-14-15-16-17-18-29-20-22(26)21-30-31(27,28)23(19-25)24(2)3/h22-23,25-26H,4-21H2,1-3H3,(H,27,28)/t22-,23?/m0/s1. The Labute approximate surface area is 191 Å². The van der Waals surface area contributed by atoms with E-state index < -0.39 is 26.1 Å². The highest BCUT2D eigenvalue weighted by Crippen LogP contribution is 2.48. The molecule has 0 aliphatic rings. The van der Waals surface area contributed by atoms with Crippen LogP contribution in [0.3, 0.4) is 0 Å². The second kappa shape index (κ2) is 20.6. The van der Waals surface area contributed by atoms with E-state index >= 15 is 0 Å². The SMILES string of the molecule is CCCCCCCCCCCCCCCCOC[C@H](O)COP(=O)(O)C(CO)N(C)C.